The summed E-state index contributed by atoms with van der Waals surface area (Å²) in [6.07, 6.45) is 0. The van der Waals surface area contributed by atoms with Crippen LogP contribution in [0.15, 0.2) is 0 Å². The van der Waals surface area contributed by atoms with Gasteiger partial charge < -0.3 is 20.4 Å². The Morgan fingerprint density at radius 2 is 0.526 bits per heavy atom. The van der Waals surface area contributed by atoms with E-state index in [9.17, 15) is 10.2 Å². The van der Waals surface area contributed by atoms with Crippen LogP contribution in [0.25, 0.3) is 0 Å². The summed E-state index contributed by atoms with van der Waals surface area (Å²) in [6.45, 7) is 16.9. The predicted octanol–water partition coefficient (Wildman–Crippen LogP) is 2.08. The minimum atomic E-state index is -1.01. The number of hydrogen-bond acceptors (Lipinski definition) is 4. The molecule has 0 aliphatic heterocycles. The molecular weight excluding hydrogens is 244 g/mol. The van der Waals surface area contributed by atoms with Crippen molar-refractivity contribution in [3.63, 3.8) is 0 Å². The molecule has 4 nitrogen and oxygen atoms in total. The summed E-state index contributed by atoms with van der Waals surface area (Å²) in [6, 6.07) is 0. The highest BCUT2D eigenvalue weighted by Gasteiger charge is 2.46. The Morgan fingerprint density at radius 1 is 0.368 bits per heavy atom. The largest absolute Gasteiger partial charge is 0.390 e. The van der Waals surface area contributed by atoms with Crippen LogP contribution < -0.4 is 0 Å². The lowest BCUT2D eigenvalue weighted by Gasteiger charge is -2.46. The van der Waals surface area contributed by atoms with Crippen molar-refractivity contribution < 1.29 is 20.4 Å². The molecule has 19 heavy (non-hydrogen) atoms. The van der Waals surface area contributed by atoms with Crippen LogP contribution >= 0.6 is 0 Å². The zero-order valence-corrected chi connectivity index (χ0v) is 14.3. The van der Waals surface area contributed by atoms with E-state index in [1.165, 1.54) is 0 Å². The van der Waals surface area contributed by atoms with Gasteiger partial charge in [-0.1, -0.05) is 13.8 Å². The molecule has 0 amide bonds. The first-order valence-corrected chi connectivity index (χ1v) is 6.64. The van der Waals surface area contributed by atoms with Gasteiger partial charge in [-0.2, -0.15) is 0 Å². The maximum absolute atomic E-state index is 9.72. The highest BCUT2D eigenvalue weighted by Crippen LogP contribution is 2.40. The molecule has 4 heteroatoms. The number of aliphatic hydroxyl groups is 4. The van der Waals surface area contributed by atoms with Crippen molar-refractivity contribution in [2.24, 2.45) is 5.41 Å². The maximum Gasteiger partial charge on any atom is 0.0872 e. The van der Waals surface area contributed by atoms with Gasteiger partial charge in [0.25, 0.3) is 0 Å². The maximum atomic E-state index is 9.72. The molecule has 0 spiro atoms. The second kappa shape index (κ2) is 5.68. The Labute approximate surface area is 118 Å². The van der Waals surface area contributed by atoms with E-state index < -0.39 is 27.8 Å². The van der Waals surface area contributed by atoms with Crippen LogP contribution in [0.3, 0.4) is 0 Å². The molecule has 0 aliphatic carbocycles. The van der Waals surface area contributed by atoms with Gasteiger partial charge in [-0.05, 0) is 55.4 Å². The fourth-order valence-electron chi connectivity index (χ4n) is 0.749. The Bertz CT molecular complexity index is 238. The highest BCUT2D eigenvalue weighted by atomic mass is 16.3. The first-order valence-electron chi connectivity index (χ1n) is 6.64. The van der Waals surface area contributed by atoms with Crippen molar-refractivity contribution in [1.82, 2.24) is 0 Å². The van der Waals surface area contributed by atoms with Crippen LogP contribution in [0.4, 0.5) is 0 Å². The zero-order valence-electron chi connectivity index (χ0n) is 14.3. The molecule has 4 N–H and O–H groups in total. The Balaban J connectivity index is 0. The molecule has 0 radical (unpaired) electrons. The molecule has 0 atom stereocenters. The molecule has 118 valence electrons. The lowest BCUT2D eigenvalue weighted by Crippen LogP contribution is -2.52. The molecule has 0 heterocycles. The lowest BCUT2D eigenvalue weighted by molar-refractivity contribution is -0.146. The van der Waals surface area contributed by atoms with Crippen LogP contribution in [0.1, 0.15) is 69.2 Å². The molecular formula is C15H34O4. The van der Waals surface area contributed by atoms with Crippen LogP contribution in [0, 0.1) is 5.41 Å². The standard InChI is InChI=1S/C9H20O2.C6H14O2/c1-7(2,8(3,4)10)9(5,6)11;1-5(2,7)6(3,4)8/h10-11H,1-6H3;7-8H,1-4H3. The first-order chi connectivity index (χ1) is 7.75. The molecule has 0 saturated carbocycles. The fraction of sp³-hybridized carbons (Fsp3) is 1.00. The van der Waals surface area contributed by atoms with E-state index in [1.807, 2.05) is 13.8 Å². The molecule has 0 fully saturated rings. The third-order valence-corrected chi connectivity index (χ3v) is 4.56. The SMILES string of the molecule is CC(C)(O)C(C)(C)C(C)(C)O.CC(C)(O)C(C)(C)O. The van der Waals surface area contributed by atoms with Gasteiger partial charge in [0.2, 0.25) is 0 Å². The van der Waals surface area contributed by atoms with Gasteiger partial charge in [-0.25, -0.2) is 0 Å². The second-order valence-electron chi connectivity index (χ2n) is 7.86. The van der Waals surface area contributed by atoms with E-state index in [4.69, 9.17) is 10.2 Å². The molecule has 0 saturated heterocycles. The van der Waals surface area contributed by atoms with Crippen molar-refractivity contribution in [2.75, 3.05) is 0 Å². The van der Waals surface area contributed by atoms with Gasteiger partial charge in [0.1, 0.15) is 0 Å². The summed E-state index contributed by atoms with van der Waals surface area (Å²) in [5, 5.41) is 37.7. The quantitative estimate of drug-likeness (QED) is 0.637. The zero-order chi connectivity index (χ0) is 16.5. The molecule has 0 aromatic rings. The molecule has 0 aliphatic rings. The van der Waals surface area contributed by atoms with E-state index >= 15 is 0 Å². The Hall–Kier alpha value is -0.160. The van der Waals surface area contributed by atoms with E-state index in [2.05, 4.69) is 0 Å². The minimum Gasteiger partial charge on any atom is -0.390 e. The second-order valence-corrected chi connectivity index (χ2v) is 7.86. The average molecular weight is 278 g/mol. The predicted molar refractivity (Wildman–Crippen MR) is 79.0 cm³/mol. The molecule has 0 aromatic heterocycles. The van der Waals surface area contributed by atoms with Crippen LogP contribution in [-0.4, -0.2) is 42.8 Å². The summed E-state index contributed by atoms with van der Waals surface area (Å²) in [5.41, 5.74) is -4.27. The molecule has 0 bridgehead atoms. The summed E-state index contributed by atoms with van der Waals surface area (Å²) >= 11 is 0. The van der Waals surface area contributed by atoms with Crippen molar-refractivity contribution in [3.8, 4) is 0 Å². The van der Waals surface area contributed by atoms with Crippen molar-refractivity contribution >= 4 is 0 Å². The number of rotatable bonds is 3. The highest BCUT2D eigenvalue weighted by molar-refractivity contribution is 4.96. The van der Waals surface area contributed by atoms with Crippen molar-refractivity contribution in [1.29, 1.82) is 0 Å². The molecule has 0 unspecified atom stereocenters. The summed E-state index contributed by atoms with van der Waals surface area (Å²) in [7, 11) is 0. The van der Waals surface area contributed by atoms with Gasteiger partial charge in [0.05, 0.1) is 22.4 Å². The fourth-order valence-corrected chi connectivity index (χ4v) is 0.749. The topological polar surface area (TPSA) is 80.9 Å². The number of hydrogen-bond donors (Lipinski definition) is 4. The smallest absolute Gasteiger partial charge is 0.0872 e. The monoisotopic (exact) mass is 278 g/mol. The van der Waals surface area contributed by atoms with E-state index in [1.54, 1.807) is 55.4 Å². The average Bonchev–Trinajstić information content (AvgIpc) is 1.96. The van der Waals surface area contributed by atoms with E-state index in [-0.39, 0.29) is 0 Å². The summed E-state index contributed by atoms with van der Waals surface area (Å²) in [5.74, 6) is 0. The Kier molecular flexibility index (Phi) is 6.32. The van der Waals surface area contributed by atoms with Crippen molar-refractivity contribution in [3.05, 3.63) is 0 Å². The van der Waals surface area contributed by atoms with Gasteiger partial charge in [0.15, 0.2) is 0 Å². The van der Waals surface area contributed by atoms with E-state index in [0.717, 1.165) is 0 Å². The lowest BCUT2D eigenvalue weighted by atomic mass is 9.67. The summed E-state index contributed by atoms with van der Waals surface area (Å²) in [4.78, 5) is 0. The van der Waals surface area contributed by atoms with Crippen LogP contribution in [-0.2, 0) is 0 Å². The van der Waals surface area contributed by atoms with E-state index in [0.29, 0.717) is 0 Å². The summed E-state index contributed by atoms with van der Waals surface area (Å²) < 4.78 is 0. The molecule has 0 aromatic carbocycles. The van der Waals surface area contributed by atoms with Gasteiger partial charge >= 0.3 is 0 Å². The van der Waals surface area contributed by atoms with Gasteiger partial charge in [-0.15, -0.1) is 0 Å². The van der Waals surface area contributed by atoms with Crippen LogP contribution in [0.2, 0.25) is 0 Å². The van der Waals surface area contributed by atoms with Gasteiger partial charge in [0, 0.05) is 5.41 Å². The Morgan fingerprint density at radius 3 is 0.526 bits per heavy atom. The third kappa shape index (κ3) is 6.21. The van der Waals surface area contributed by atoms with Crippen LogP contribution in [0.5, 0.6) is 0 Å². The minimum absolute atomic E-state index is 0.514. The van der Waals surface area contributed by atoms with Gasteiger partial charge in [-0.3, -0.25) is 0 Å². The third-order valence-electron chi connectivity index (χ3n) is 4.56. The first kappa shape index (κ1) is 21.1. The van der Waals surface area contributed by atoms with Crippen molar-refractivity contribution in [2.45, 2.75) is 91.6 Å². The molecule has 0 rings (SSSR count). The normalized spacial score (nSPS) is 14.8.